The molecule has 1 atom stereocenters. The predicted octanol–water partition coefficient (Wildman–Crippen LogP) is -0.655. The molecule has 1 unspecified atom stereocenters. The van der Waals surface area contributed by atoms with E-state index in [0.29, 0.717) is 12.8 Å². The molecule has 1 aliphatic carbocycles. The van der Waals surface area contributed by atoms with Gasteiger partial charge in [-0.3, -0.25) is 19.3 Å². The molecule has 1 spiro atoms. The quantitative estimate of drug-likeness (QED) is 0.593. The number of amides is 5. The molecule has 5 amide bonds. The maximum atomic E-state index is 12.9. The zero-order chi connectivity index (χ0) is 21.4. The van der Waals surface area contributed by atoms with Crippen molar-refractivity contribution in [3.05, 3.63) is 0 Å². The summed E-state index contributed by atoms with van der Waals surface area (Å²) in [6.07, 6.45) is 3.94. The van der Waals surface area contributed by atoms with Crippen LogP contribution < -0.4 is 5.32 Å². The second kappa shape index (κ2) is 7.92. The summed E-state index contributed by atoms with van der Waals surface area (Å²) in [6.45, 7) is 1.26. The molecular weight excluding hydrogens is 400 g/mol. The number of carbonyl (C=O) groups excluding carboxylic acids is 4. The molecule has 162 valence electrons. The Kier molecular flexibility index (Phi) is 5.88. The Balaban J connectivity index is 1.58. The molecule has 0 aromatic heterocycles. The van der Waals surface area contributed by atoms with Crippen LogP contribution in [0.2, 0.25) is 0 Å². The molecule has 10 nitrogen and oxygen atoms in total. The van der Waals surface area contributed by atoms with Gasteiger partial charge in [0.2, 0.25) is 11.8 Å². The van der Waals surface area contributed by atoms with E-state index in [1.165, 1.54) is 16.7 Å². The van der Waals surface area contributed by atoms with Crippen molar-refractivity contribution in [2.45, 2.75) is 50.6 Å². The van der Waals surface area contributed by atoms with Crippen LogP contribution in [-0.4, -0.2) is 96.6 Å². The van der Waals surface area contributed by atoms with E-state index in [1.54, 1.807) is 7.05 Å². The number of carbonyl (C=O) groups is 4. The van der Waals surface area contributed by atoms with Gasteiger partial charge in [0.15, 0.2) is 9.84 Å². The number of rotatable bonds is 4. The lowest BCUT2D eigenvalue weighted by Gasteiger charge is -2.35. The summed E-state index contributed by atoms with van der Waals surface area (Å²) in [7, 11) is -1.52. The first kappa shape index (κ1) is 21.5. The van der Waals surface area contributed by atoms with Crippen LogP contribution in [-0.2, 0) is 24.2 Å². The molecule has 3 fully saturated rings. The number of hydrogen-bond donors (Lipinski definition) is 1. The monoisotopic (exact) mass is 428 g/mol. The van der Waals surface area contributed by atoms with Gasteiger partial charge in [0.25, 0.3) is 5.91 Å². The summed E-state index contributed by atoms with van der Waals surface area (Å²) in [6, 6.07) is -1.37. The van der Waals surface area contributed by atoms with Crippen molar-refractivity contribution in [2.24, 2.45) is 0 Å². The van der Waals surface area contributed by atoms with Gasteiger partial charge in [-0.15, -0.1) is 0 Å². The highest BCUT2D eigenvalue weighted by Crippen LogP contribution is 2.39. The second-order valence-corrected chi connectivity index (χ2v) is 10.4. The molecule has 2 aliphatic heterocycles. The van der Waals surface area contributed by atoms with Gasteiger partial charge in [0.05, 0.1) is 11.5 Å². The molecule has 1 N–H and O–H groups in total. The fraction of sp³-hybridized carbons (Fsp3) is 0.778. The van der Waals surface area contributed by atoms with Crippen molar-refractivity contribution in [1.82, 2.24) is 20.0 Å². The molecule has 3 rings (SSSR count). The van der Waals surface area contributed by atoms with Crippen LogP contribution in [0.3, 0.4) is 0 Å². The van der Waals surface area contributed by atoms with Crippen molar-refractivity contribution < 1.29 is 27.6 Å². The first-order valence-corrected chi connectivity index (χ1v) is 11.8. The Morgan fingerprint density at radius 1 is 1.10 bits per heavy atom. The minimum absolute atomic E-state index is 0.0927. The number of likely N-dealkylation sites (N-methyl/N-ethyl adjacent to an activating group) is 1. The van der Waals surface area contributed by atoms with Crippen LogP contribution in [0.5, 0.6) is 0 Å². The van der Waals surface area contributed by atoms with Crippen molar-refractivity contribution in [3.8, 4) is 0 Å². The number of sulfone groups is 1. The lowest BCUT2D eigenvalue weighted by Crippen LogP contribution is -2.53. The fourth-order valence-electron chi connectivity index (χ4n) is 4.37. The van der Waals surface area contributed by atoms with Crippen LogP contribution in [0, 0.1) is 0 Å². The van der Waals surface area contributed by atoms with E-state index in [0.717, 1.165) is 24.2 Å². The number of imide groups is 1. The van der Waals surface area contributed by atoms with Crippen molar-refractivity contribution in [2.75, 3.05) is 38.2 Å². The fourth-order valence-corrected chi connectivity index (χ4v) is 5.57. The summed E-state index contributed by atoms with van der Waals surface area (Å²) < 4.78 is 23.0. The van der Waals surface area contributed by atoms with Crippen LogP contribution >= 0.6 is 0 Å². The zero-order valence-corrected chi connectivity index (χ0v) is 17.7. The van der Waals surface area contributed by atoms with Gasteiger partial charge in [0, 0.05) is 20.1 Å². The zero-order valence-electron chi connectivity index (χ0n) is 16.8. The van der Waals surface area contributed by atoms with E-state index in [2.05, 4.69) is 5.32 Å². The van der Waals surface area contributed by atoms with Crippen LogP contribution in [0.4, 0.5) is 4.79 Å². The summed E-state index contributed by atoms with van der Waals surface area (Å²) in [5.74, 6) is -1.51. The van der Waals surface area contributed by atoms with Gasteiger partial charge in [-0.05, 0) is 19.8 Å². The lowest BCUT2D eigenvalue weighted by molar-refractivity contribution is -0.138. The van der Waals surface area contributed by atoms with Crippen LogP contribution in [0.1, 0.15) is 39.0 Å². The molecule has 0 aromatic rings. The summed E-state index contributed by atoms with van der Waals surface area (Å²) in [4.78, 5) is 54.2. The van der Waals surface area contributed by atoms with Gasteiger partial charge >= 0.3 is 6.03 Å². The normalized spacial score (nSPS) is 24.7. The number of nitrogens with one attached hydrogen (secondary N) is 1. The maximum absolute atomic E-state index is 12.9. The largest absolute Gasteiger partial charge is 0.343 e. The third-order valence-corrected chi connectivity index (χ3v) is 7.80. The SMILES string of the molecule is CC(NC(=O)CN1C(=O)N(C)C2(CCCCC2)C1=O)C(=O)N1CCS(=O)(=O)CC1. The Bertz CT molecular complexity index is 806. The Labute approximate surface area is 170 Å². The molecule has 0 aromatic carbocycles. The first-order chi connectivity index (χ1) is 13.6. The van der Waals surface area contributed by atoms with Gasteiger partial charge in [-0.1, -0.05) is 19.3 Å². The van der Waals surface area contributed by atoms with Crippen molar-refractivity contribution >= 4 is 33.6 Å². The van der Waals surface area contributed by atoms with Crippen LogP contribution in [0.25, 0.3) is 0 Å². The maximum Gasteiger partial charge on any atom is 0.327 e. The molecule has 1 saturated carbocycles. The molecule has 0 bridgehead atoms. The third kappa shape index (κ3) is 4.10. The van der Waals surface area contributed by atoms with Gasteiger partial charge < -0.3 is 15.1 Å². The van der Waals surface area contributed by atoms with E-state index in [9.17, 15) is 27.6 Å². The average molecular weight is 429 g/mol. The third-order valence-electron chi connectivity index (χ3n) is 6.19. The van der Waals surface area contributed by atoms with Crippen molar-refractivity contribution in [3.63, 3.8) is 0 Å². The molecule has 11 heteroatoms. The highest BCUT2D eigenvalue weighted by atomic mass is 32.2. The predicted molar refractivity (Wildman–Crippen MR) is 104 cm³/mol. The second-order valence-electron chi connectivity index (χ2n) is 8.09. The van der Waals surface area contributed by atoms with Gasteiger partial charge in [-0.2, -0.15) is 0 Å². The van der Waals surface area contributed by atoms with Crippen molar-refractivity contribution in [1.29, 1.82) is 0 Å². The Morgan fingerprint density at radius 2 is 1.69 bits per heavy atom. The molecule has 2 heterocycles. The van der Waals surface area contributed by atoms with E-state index < -0.39 is 39.9 Å². The van der Waals surface area contributed by atoms with Gasteiger partial charge in [0.1, 0.15) is 18.1 Å². The minimum atomic E-state index is -3.11. The molecule has 0 radical (unpaired) electrons. The lowest BCUT2D eigenvalue weighted by atomic mass is 9.81. The van der Waals surface area contributed by atoms with E-state index >= 15 is 0 Å². The van der Waals surface area contributed by atoms with E-state index in [4.69, 9.17) is 0 Å². The standard InChI is InChI=1S/C18H28N4O6S/c1-13(15(24)21-8-10-29(27,28)11-9-21)19-14(23)12-22-16(25)18(20(2)17(22)26)6-4-3-5-7-18/h13H,3-12H2,1-2H3,(H,19,23). The van der Waals surface area contributed by atoms with E-state index in [1.807, 2.05) is 0 Å². The molecule has 3 aliphatic rings. The molecule has 29 heavy (non-hydrogen) atoms. The van der Waals surface area contributed by atoms with Crippen LogP contribution in [0.15, 0.2) is 0 Å². The minimum Gasteiger partial charge on any atom is -0.343 e. The van der Waals surface area contributed by atoms with Gasteiger partial charge in [-0.25, -0.2) is 13.2 Å². The molecular formula is C18H28N4O6S. The number of urea groups is 1. The first-order valence-electron chi connectivity index (χ1n) is 9.96. The highest BCUT2D eigenvalue weighted by Gasteiger charge is 2.55. The highest BCUT2D eigenvalue weighted by molar-refractivity contribution is 7.91. The number of nitrogens with zero attached hydrogens (tertiary/aromatic N) is 3. The Morgan fingerprint density at radius 3 is 2.28 bits per heavy atom. The number of hydrogen-bond acceptors (Lipinski definition) is 6. The average Bonchev–Trinajstić information content (AvgIpc) is 2.84. The smallest absolute Gasteiger partial charge is 0.327 e. The summed E-state index contributed by atoms with van der Waals surface area (Å²) in [5, 5.41) is 2.53. The summed E-state index contributed by atoms with van der Waals surface area (Å²) >= 11 is 0. The molecule has 2 saturated heterocycles. The topological polar surface area (TPSA) is 124 Å². The van der Waals surface area contributed by atoms with E-state index in [-0.39, 0.29) is 36.4 Å². The Hall–Kier alpha value is -2.17. The summed E-state index contributed by atoms with van der Waals surface area (Å²) in [5.41, 5.74) is -0.851.